The van der Waals surface area contributed by atoms with Gasteiger partial charge in [-0.2, -0.15) is 0 Å². The van der Waals surface area contributed by atoms with Crippen molar-refractivity contribution in [1.29, 1.82) is 0 Å². The summed E-state index contributed by atoms with van der Waals surface area (Å²) in [6, 6.07) is 8.93. The second-order valence-corrected chi connectivity index (χ2v) is 12.6. The third kappa shape index (κ3) is 4.38. The van der Waals surface area contributed by atoms with Gasteiger partial charge in [0.15, 0.2) is 0 Å². The van der Waals surface area contributed by atoms with Crippen molar-refractivity contribution in [2.24, 2.45) is 11.8 Å². The second-order valence-electron chi connectivity index (χ2n) is 8.34. The first kappa shape index (κ1) is 18.7. The monoisotopic (exact) mass is 354 g/mol. The van der Waals surface area contributed by atoms with E-state index in [0.29, 0.717) is 0 Å². The summed E-state index contributed by atoms with van der Waals surface area (Å²) in [7, 11) is -1.37. The van der Waals surface area contributed by atoms with Crippen LogP contribution in [-0.2, 0) is 0 Å². The van der Waals surface area contributed by atoms with E-state index >= 15 is 0 Å². The first-order valence-corrected chi connectivity index (χ1v) is 13.0. The molecule has 1 aliphatic heterocycles. The van der Waals surface area contributed by atoms with E-state index in [1.165, 1.54) is 68.1 Å². The minimum absolute atomic E-state index is 0.737. The summed E-state index contributed by atoms with van der Waals surface area (Å²) in [5.41, 5.74) is 8.33. The maximum atomic E-state index is 3.84. The summed E-state index contributed by atoms with van der Waals surface area (Å²) in [6.45, 7) is 6.56. The van der Waals surface area contributed by atoms with Crippen LogP contribution in [0.2, 0.25) is 0 Å². The normalized spacial score (nSPS) is 25.2. The van der Waals surface area contributed by atoms with Gasteiger partial charge in [0.2, 0.25) is 0 Å². The number of aryl methyl sites for hydroxylation is 1. The predicted molar refractivity (Wildman–Crippen MR) is 116 cm³/mol. The van der Waals surface area contributed by atoms with E-state index in [-0.39, 0.29) is 0 Å². The fourth-order valence-electron chi connectivity index (χ4n) is 5.12. The average Bonchev–Trinajstić information content (AvgIpc) is 2.78. The van der Waals surface area contributed by atoms with Gasteiger partial charge in [-0.05, 0) is 0 Å². The molecule has 0 spiro atoms. The molecule has 0 amide bonds. The Balaban J connectivity index is 1.77. The predicted octanol–water partition coefficient (Wildman–Crippen LogP) is 6.73. The fourth-order valence-corrected chi connectivity index (χ4v) is 9.96. The summed E-state index contributed by atoms with van der Waals surface area (Å²) in [6.07, 6.45) is 15.3. The third-order valence-corrected chi connectivity index (χ3v) is 11.4. The maximum absolute atomic E-state index is 3.84. The molecule has 0 aromatic heterocycles. The van der Waals surface area contributed by atoms with E-state index in [4.69, 9.17) is 0 Å². The second kappa shape index (κ2) is 8.56. The molecule has 0 N–H and O–H groups in total. The van der Waals surface area contributed by atoms with Crippen molar-refractivity contribution in [2.45, 2.75) is 59.3 Å². The molecule has 25 heavy (non-hydrogen) atoms. The van der Waals surface area contributed by atoms with Crippen LogP contribution in [0.1, 0.15) is 63.5 Å². The van der Waals surface area contributed by atoms with Crippen LogP contribution in [0.25, 0.3) is 5.57 Å². The summed E-state index contributed by atoms with van der Waals surface area (Å²) >= 11 is 0. The van der Waals surface area contributed by atoms with Crippen LogP contribution in [0.15, 0.2) is 30.3 Å². The molecule has 1 aromatic rings. The Morgan fingerprint density at radius 2 is 1.92 bits per heavy atom. The Bertz CT molecular complexity index is 671. The molecule has 1 aromatic carbocycles. The zero-order chi connectivity index (χ0) is 17.7. The molecule has 0 nitrogen and oxygen atoms in total. The number of allylic oxidation sites excluding steroid dienone is 2. The zero-order valence-electron chi connectivity index (χ0n) is 16.4. The van der Waals surface area contributed by atoms with Gasteiger partial charge in [-0.25, -0.2) is 0 Å². The Kier molecular flexibility index (Phi) is 6.41. The molecule has 1 aliphatic carbocycles. The van der Waals surface area contributed by atoms with Crippen molar-refractivity contribution in [3.63, 3.8) is 0 Å². The van der Waals surface area contributed by atoms with Gasteiger partial charge in [-0.3, -0.25) is 0 Å². The summed E-state index contributed by atoms with van der Waals surface area (Å²) in [4.78, 5) is 0. The Morgan fingerprint density at radius 3 is 2.56 bits per heavy atom. The summed E-state index contributed by atoms with van der Waals surface area (Å²) in [5, 5.41) is 0. The van der Waals surface area contributed by atoms with Crippen LogP contribution in [0, 0.1) is 30.3 Å². The van der Waals surface area contributed by atoms with Gasteiger partial charge in [-0.15, -0.1) is 0 Å². The molecule has 2 aliphatic rings. The molecule has 1 heteroatoms. The van der Waals surface area contributed by atoms with Crippen LogP contribution >= 0.6 is 7.26 Å². The molecule has 3 rings (SSSR count). The number of benzene rings is 1. The van der Waals surface area contributed by atoms with E-state index in [9.17, 15) is 0 Å². The van der Waals surface area contributed by atoms with Crippen LogP contribution in [-0.4, -0.2) is 18.5 Å². The molecule has 136 valence electrons. The van der Waals surface area contributed by atoms with Crippen molar-refractivity contribution in [3.05, 3.63) is 41.5 Å². The first-order chi connectivity index (χ1) is 12.2. The Hall–Kier alpha value is -1.05. The Labute approximate surface area is 155 Å². The van der Waals surface area contributed by atoms with Crippen LogP contribution in [0.4, 0.5) is 0 Å². The number of rotatable bonds is 4. The van der Waals surface area contributed by atoms with Crippen molar-refractivity contribution in [2.75, 3.05) is 18.5 Å². The topological polar surface area (TPSA) is 0 Å². The quantitative estimate of drug-likeness (QED) is 0.415. The van der Waals surface area contributed by atoms with Crippen molar-refractivity contribution in [3.8, 4) is 11.6 Å². The SMILES string of the molecule is CC#C[PH]1(CC2CCC2)CCCC(/C(=C/C)c2ccccc2C)CC1. The van der Waals surface area contributed by atoms with E-state index in [2.05, 4.69) is 62.7 Å². The van der Waals surface area contributed by atoms with Gasteiger partial charge in [0.25, 0.3) is 0 Å². The molecule has 1 heterocycles. The summed E-state index contributed by atoms with van der Waals surface area (Å²) in [5.74, 6) is 5.11. The average molecular weight is 355 g/mol. The van der Waals surface area contributed by atoms with E-state index in [1.54, 1.807) is 5.57 Å². The molecule has 2 fully saturated rings. The van der Waals surface area contributed by atoms with Gasteiger partial charge in [0, 0.05) is 0 Å². The molecule has 0 radical (unpaired) electrons. The third-order valence-electron chi connectivity index (χ3n) is 6.68. The molecular weight excluding hydrogens is 319 g/mol. The molecule has 0 bridgehead atoms. The van der Waals surface area contributed by atoms with Crippen molar-refractivity contribution < 1.29 is 0 Å². The standard InChI is InChI=1S/C24H35P/c1-4-16-25(19-21-11-8-12-21)17-9-13-22(15-18-25)23(5-2)24-14-7-6-10-20(24)3/h5-7,10,14,21-22,25H,8-9,11-13,15,17-19H2,1-3H3/b23-5-. The van der Waals surface area contributed by atoms with Gasteiger partial charge in [0.05, 0.1) is 0 Å². The number of hydrogen-bond donors (Lipinski definition) is 0. The van der Waals surface area contributed by atoms with Crippen LogP contribution < -0.4 is 0 Å². The van der Waals surface area contributed by atoms with Crippen LogP contribution in [0.3, 0.4) is 0 Å². The van der Waals surface area contributed by atoms with Gasteiger partial charge >= 0.3 is 156 Å². The van der Waals surface area contributed by atoms with Crippen LogP contribution in [0.5, 0.6) is 0 Å². The minimum atomic E-state index is -1.37. The van der Waals surface area contributed by atoms with Gasteiger partial charge < -0.3 is 0 Å². The summed E-state index contributed by atoms with van der Waals surface area (Å²) < 4.78 is 0. The molecule has 1 atom stereocenters. The van der Waals surface area contributed by atoms with Crippen molar-refractivity contribution >= 4 is 12.8 Å². The van der Waals surface area contributed by atoms with E-state index in [0.717, 1.165) is 11.8 Å². The first-order valence-electron chi connectivity index (χ1n) is 10.3. The molecule has 1 saturated heterocycles. The van der Waals surface area contributed by atoms with Gasteiger partial charge in [-0.1, -0.05) is 0 Å². The van der Waals surface area contributed by atoms with Crippen molar-refractivity contribution in [1.82, 2.24) is 0 Å². The number of hydrogen-bond acceptors (Lipinski definition) is 0. The fraction of sp³-hybridized carbons (Fsp3) is 0.583. The zero-order valence-corrected chi connectivity index (χ0v) is 17.4. The molecule has 1 unspecified atom stereocenters. The van der Waals surface area contributed by atoms with E-state index in [1.807, 2.05) is 0 Å². The molecule has 1 saturated carbocycles. The van der Waals surface area contributed by atoms with Gasteiger partial charge in [0.1, 0.15) is 0 Å². The Morgan fingerprint density at radius 1 is 1.12 bits per heavy atom. The molecular formula is C24H35P. The van der Waals surface area contributed by atoms with E-state index < -0.39 is 7.26 Å².